The van der Waals surface area contributed by atoms with Gasteiger partial charge in [-0.25, -0.2) is 14.5 Å². The second-order valence-corrected chi connectivity index (χ2v) is 4.64. The molecule has 0 aliphatic rings. The van der Waals surface area contributed by atoms with Gasteiger partial charge in [-0.15, -0.1) is 0 Å². The van der Waals surface area contributed by atoms with Gasteiger partial charge in [-0.1, -0.05) is 11.6 Å². The number of pyridine rings is 1. The van der Waals surface area contributed by atoms with E-state index in [1.54, 1.807) is 11.6 Å². The number of ether oxygens (including phenoxy) is 1. The summed E-state index contributed by atoms with van der Waals surface area (Å²) >= 11 is 5.64. The smallest absolute Gasteiger partial charge is 0.422 e. The predicted octanol–water partition coefficient (Wildman–Crippen LogP) is 1.14. The van der Waals surface area contributed by atoms with Crippen LogP contribution in [-0.2, 0) is 14.9 Å². The summed E-state index contributed by atoms with van der Waals surface area (Å²) in [6.07, 6.45) is 0.256. The summed E-state index contributed by atoms with van der Waals surface area (Å²) in [6.45, 7) is 1.62. The zero-order chi connectivity index (χ0) is 12.9. The van der Waals surface area contributed by atoms with E-state index in [1.807, 2.05) is 4.72 Å². The van der Waals surface area contributed by atoms with E-state index in [9.17, 15) is 13.2 Å². The summed E-state index contributed by atoms with van der Waals surface area (Å²) in [5.74, 6) is -0.00528. The van der Waals surface area contributed by atoms with Crippen LogP contribution >= 0.6 is 11.6 Å². The van der Waals surface area contributed by atoms with Crippen molar-refractivity contribution in [3.63, 3.8) is 0 Å². The number of nitrogens with one attached hydrogen (secondary N) is 2. The van der Waals surface area contributed by atoms with Crippen LogP contribution in [0.1, 0.15) is 6.92 Å². The van der Waals surface area contributed by atoms with Gasteiger partial charge in [-0.3, -0.25) is 4.72 Å². The fourth-order valence-electron chi connectivity index (χ4n) is 0.894. The quantitative estimate of drug-likeness (QED) is 0.861. The molecule has 0 fully saturated rings. The third kappa shape index (κ3) is 4.87. The molecule has 9 heteroatoms. The summed E-state index contributed by atoms with van der Waals surface area (Å²) in [4.78, 5) is 14.6. The first-order valence-corrected chi connectivity index (χ1v) is 6.38. The van der Waals surface area contributed by atoms with Crippen molar-refractivity contribution in [2.24, 2.45) is 0 Å². The van der Waals surface area contributed by atoms with Crippen LogP contribution in [0.5, 0.6) is 0 Å². The van der Waals surface area contributed by atoms with Crippen molar-refractivity contribution >= 4 is 33.7 Å². The van der Waals surface area contributed by atoms with Crippen molar-refractivity contribution in [2.75, 3.05) is 11.3 Å². The lowest BCUT2D eigenvalue weighted by Crippen LogP contribution is -2.35. The average molecular weight is 280 g/mol. The van der Waals surface area contributed by atoms with Gasteiger partial charge in [0, 0.05) is 17.3 Å². The molecule has 0 saturated carbocycles. The fourth-order valence-corrected chi connectivity index (χ4v) is 1.77. The number of halogens is 1. The van der Waals surface area contributed by atoms with E-state index < -0.39 is 16.3 Å². The molecular weight excluding hydrogens is 270 g/mol. The molecule has 0 unspecified atom stereocenters. The summed E-state index contributed by atoms with van der Waals surface area (Å²) in [5.41, 5.74) is 0. The number of nitrogens with zero attached hydrogens (tertiary/aromatic N) is 1. The highest BCUT2D eigenvalue weighted by atomic mass is 35.5. The zero-order valence-corrected chi connectivity index (χ0v) is 10.4. The van der Waals surface area contributed by atoms with E-state index in [2.05, 4.69) is 9.72 Å². The molecule has 1 aromatic heterocycles. The van der Waals surface area contributed by atoms with Crippen LogP contribution in [-0.4, -0.2) is 26.1 Å². The van der Waals surface area contributed by atoms with Gasteiger partial charge in [0.15, 0.2) is 0 Å². The minimum absolute atomic E-state index is 0.00528. The van der Waals surface area contributed by atoms with Gasteiger partial charge in [-0.05, 0) is 13.0 Å². The third-order valence-electron chi connectivity index (χ3n) is 1.45. The van der Waals surface area contributed by atoms with Crippen LogP contribution < -0.4 is 9.44 Å². The van der Waals surface area contributed by atoms with Gasteiger partial charge in [0.2, 0.25) is 0 Å². The Hall–Kier alpha value is -1.54. The molecule has 0 radical (unpaired) electrons. The lowest BCUT2D eigenvalue weighted by molar-refractivity contribution is 0.159. The van der Waals surface area contributed by atoms with Crippen molar-refractivity contribution in [1.29, 1.82) is 0 Å². The number of carbonyl (C=O) groups is 1. The number of rotatable bonds is 4. The third-order valence-corrected chi connectivity index (χ3v) is 2.60. The van der Waals surface area contributed by atoms with Gasteiger partial charge in [-0.2, -0.15) is 8.42 Å². The molecule has 7 nitrogen and oxygen atoms in total. The van der Waals surface area contributed by atoms with Crippen LogP contribution in [0, 0.1) is 0 Å². The SMILES string of the molecule is CCOC(=O)NS(=O)(=O)Nc1cc(Cl)ccn1. The molecule has 0 spiro atoms. The van der Waals surface area contributed by atoms with Gasteiger partial charge in [0.05, 0.1) is 6.61 Å². The number of hydrogen-bond acceptors (Lipinski definition) is 5. The predicted molar refractivity (Wildman–Crippen MR) is 61.9 cm³/mol. The van der Waals surface area contributed by atoms with Crippen molar-refractivity contribution in [3.8, 4) is 0 Å². The highest BCUT2D eigenvalue weighted by molar-refractivity contribution is 7.91. The summed E-state index contributed by atoms with van der Waals surface area (Å²) in [6, 6.07) is 2.78. The second-order valence-electron chi connectivity index (χ2n) is 2.79. The molecule has 0 saturated heterocycles. The van der Waals surface area contributed by atoms with Crippen molar-refractivity contribution in [2.45, 2.75) is 6.92 Å². The largest absolute Gasteiger partial charge is 0.449 e. The van der Waals surface area contributed by atoms with E-state index in [-0.39, 0.29) is 12.4 Å². The molecule has 94 valence electrons. The maximum atomic E-state index is 11.4. The van der Waals surface area contributed by atoms with Crippen LogP contribution in [0.25, 0.3) is 0 Å². The fraction of sp³-hybridized carbons (Fsp3) is 0.250. The van der Waals surface area contributed by atoms with Gasteiger partial charge >= 0.3 is 16.3 Å². The molecule has 17 heavy (non-hydrogen) atoms. The molecule has 1 heterocycles. The maximum absolute atomic E-state index is 11.4. The highest BCUT2D eigenvalue weighted by Gasteiger charge is 2.15. The normalized spacial score (nSPS) is 10.7. The average Bonchev–Trinajstić information content (AvgIpc) is 2.15. The Morgan fingerprint density at radius 1 is 1.59 bits per heavy atom. The van der Waals surface area contributed by atoms with Crippen molar-refractivity contribution in [3.05, 3.63) is 23.4 Å². The zero-order valence-electron chi connectivity index (χ0n) is 8.81. The number of aromatic nitrogens is 1. The topological polar surface area (TPSA) is 97.4 Å². The van der Waals surface area contributed by atoms with Gasteiger partial charge in [0.25, 0.3) is 0 Å². The van der Waals surface area contributed by atoms with E-state index in [0.717, 1.165) is 0 Å². The Bertz CT molecular complexity index is 505. The highest BCUT2D eigenvalue weighted by Crippen LogP contribution is 2.12. The van der Waals surface area contributed by atoms with Crippen LogP contribution in [0.3, 0.4) is 0 Å². The summed E-state index contributed by atoms with van der Waals surface area (Å²) in [5, 5.41) is 0.314. The Morgan fingerprint density at radius 2 is 2.29 bits per heavy atom. The molecule has 1 rings (SSSR count). The Kier molecular flexibility index (Phi) is 4.53. The van der Waals surface area contributed by atoms with Gasteiger partial charge in [0.1, 0.15) is 5.82 Å². The molecule has 1 aromatic rings. The molecule has 0 bridgehead atoms. The molecule has 0 aliphatic carbocycles. The lowest BCUT2D eigenvalue weighted by Gasteiger charge is -2.08. The Labute approximate surface area is 103 Å². The standard InChI is InChI=1S/C8H10ClN3O4S/c1-2-16-8(13)12-17(14,15)11-7-5-6(9)3-4-10-7/h3-5H,2H2,1H3,(H,10,11)(H,12,13). The summed E-state index contributed by atoms with van der Waals surface area (Å²) in [7, 11) is -4.07. The molecule has 0 aliphatic heterocycles. The van der Waals surface area contributed by atoms with Crippen LogP contribution in [0.15, 0.2) is 18.3 Å². The number of amides is 1. The van der Waals surface area contributed by atoms with E-state index >= 15 is 0 Å². The minimum Gasteiger partial charge on any atom is -0.449 e. The van der Waals surface area contributed by atoms with Crippen LogP contribution in [0.2, 0.25) is 5.02 Å². The number of hydrogen-bond donors (Lipinski definition) is 2. The number of anilines is 1. The lowest BCUT2D eigenvalue weighted by atomic mass is 10.5. The number of carbonyl (C=O) groups excluding carboxylic acids is 1. The monoisotopic (exact) mass is 279 g/mol. The second kappa shape index (κ2) is 5.69. The van der Waals surface area contributed by atoms with E-state index in [4.69, 9.17) is 11.6 Å². The first-order chi connectivity index (χ1) is 7.93. The molecule has 1 amide bonds. The Balaban J connectivity index is 2.70. The molecule has 0 aromatic carbocycles. The molecule has 0 atom stereocenters. The summed E-state index contributed by atoms with van der Waals surface area (Å²) < 4.78 is 30.9. The van der Waals surface area contributed by atoms with Crippen molar-refractivity contribution < 1.29 is 17.9 Å². The van der Waals surface area contributed by atoms with Crippen LogP contribution in [0.4, 0.5) is 10.6 Å². The Morgan fingerprint density at radius 3 is 2.88 bits per heavy atom. The molecule has 2 N–H and O–H groups in total. The van der Waals surface area contributed by atoms with Crippen molar-refractivity contribution in [1.82, 2.24) is 9.71 Å². The maximum Gasteiger partial charge on any atom is 0.422 e. The first-order valence-electron chi connectivity index (χ1n) is 4.52. The van der Waals surface area contributed by atoms with Gasteiger partial charge < -0.3 is 4.74 Å². The van der Waals surface area contributed by atoms with E-state index in [0.29, 0.717) is 5.02 Å². The molecular formula is C8H10ClN3O4S. The minimum atomic E-state index is -4.07. The first kappa shape index (κ1) is 13.5. The van der Waals surface area contributed by atoms with E-state index in [1.165, 1.54) is 18.3 Å².